The number of benzene rings is 1. The van der Waals surface area contributed by atoms with Gasteiger partial charge < -0.3 is 10.4 Å². The molecule has 0 aliphatic carbocycles. The van der Waals surface area contributed by atoms with Crippen molar-refractivity contribution in [1.29, 1.82) is 5.26 Å². The van der Waals surface area contributed by atoms with Gasteiger partial charge in [0.1, 0.15) is 11.0 Å². The topological polar surface area (TPSA) is 86.0 Å². The lowest BCUT2D eigenvalue weighted by molar-refractivity contribution is 0.0697. The van der Waals surface area contributed by atoms with Gasteiger partial charge in [-0.2, -0.15) is 5.26 Å². The standard InChI is InChI=1S/C13H8ClN3O2/c14-11-5-9(13(18)19)6-12(17-11)16-10-3-1-8(7-15)2-4-10/h1-6H,(H,16,17)(H,18,19). The fraction of sp³-hybridized carbons (Fsp3) is 0. The number of aromatic carboxylic acids is 1. The quantitative estimate of drug-likeness (QED) is 0.840. The molecule has 0 aliphatic heterocycles. The Morgan fingerprint density at radius 3 is 2.58 bits per heavy atom. The summed E-state index contributed by atoms with van der Waals surface area (Å²) in [5.41, 5.74) is 1.28. The maximum Gasteiger partial charge on any atom is 0.335 e. The van der Waals surface area contributed by atoms with Crippen LogP contribution in [0.3, 0.4) is 0 Å². The minimum absolute atomic E-state index is 0.0520. The zero-order chi connectivity index (χ0) is 13.8. The highest BCUT2D eigenvalue weighted by Gasteiger charge is 2.07. The molecule has 0 saturated carbocycles. The molecule has 0 spiro atoms. The van der Waals surface area contributed by atoms with Crippen LogP contribution in [0.15, 0.2) is 36.4 Å². The van der Waals surface area contributed by atoms with Crippen LogP contribution in [0, 0.1) is 11.3 Å². The number of carbonyl (C=O) groups is 1. The number of hydrogen-bond donors (Lipinski definition) is 2. The lowest BCUT2D eigenvalue weighted by Gasteiger charge is -2.07. The molecule has 0 atom stereocenters. The van der Waals surface area contributed by atoms with E-state index >= 15 is 0 Å². The van der Waals surface area contributed by atoms with Crippen molar-refractivity contribution in [2.24, 2.45) is 0 Å². The van der Waals surface area contributed by atoms with Crippen molar-refractivity contribution in [2.75, 3.05) is 5.32 Å². The second-order valence-corrected chi connectivity index (χ2v) is 4.07. The molecule has 0 bridgehead atoms. The third kappa shape index (κ3) is 3.21. The molecule has 2 aromatic rings. The number of halogens is 1. The molecule has 94 valence electrons. The van der Waals surface area contributed by atoms with Gasteiger partial charge in [0, 0.05) is 5.69 Å². The normalized spacial score (nSPS) is 9.68. The van der Waals surface area contributed by atoms with Crippen molar-refractivity contribution in [1.82, 2.24) is 4.98 Å². The molecular weight excluding hydrogens is 266 g/mol. The van der Waals surface area contributed by atoms with Crippen molar-refractivity contribution in [3.63, 3.8) is 0 Å². The van der Waals surface area contributed by atoms with Crippen molar-refractivity contribution in [3.8, 4) is 6.07 Å². The van der Waals surface area contributed by atoms with Gasteiger partial charge in [0.05, 0.1) is 17.2 Å². The fourth-order valence-electron chi connectivity index (χ4n) is 1.46. The summed E-state index contributed by atoms with van der Waals surface area (Å²) < 4.78 is 0. The maximum atomic E-state index is 10.9. The number of anilines is 2. The van der Waals surface area contributed by atoms with E-state index in [9.17, 15) is 4.79 Å². The second kappa shape index (κ2) is 5.38. The van der Waals surface area contributed by atoms with Gasteiger partial charge in [-0.3, -0.25) is 0 Å². The molecule has 0 amide bonds. The summed E-state index contributed by atoms with van der Waals surface area (Å²) in [7, 11) is 0. The number of nitrogens with zero attached hydrogens (tertiary/aromatic N) is 2. The van der Waals surface area contributed by atoms with Crippen molar-refractivity contribution in [2.45, 2.75) is 0 Å². The first-order valence-corrected chi connectivity index (χ1v) is 5.64. The predicted molar refractivity (Wildman–Crippen MR) is 70.6 cm³/mol. The first kappa shape index (κ1) is 12.9. The van der Waals surface area contributed by atoms with Gasteiger partial charge in [-0.05, 0) is 36.4 Å². The molecule has 2 N–H and O–H groups in total. The van der Waals surface area contributed by atoms with Crippen molar-refractivity contribution in [3.05, 3.63) is 52.7 Å². The van der Waals surface area contributed by atoms with Gasteiger partial charge in [0.15, 0.2) is 0 Å². The Labute approximate surface area is 114 Å². The molecule has 1 aromatic carbocycles. The smallest absolute Gasteiger partial charge is 0.335 e. The summed E-state index contributed by atoms with van der Waals surface area (Å²) in [4.78, 5) is 14.9. The second-order valence-electron chi connectivity index (χ2n) is 3.68. The van der Waals surface area contributed by atoms with E-state index in [0.29, 0.717) is 17.1 Å². The Bertz CT molecular complexity index is 663. The number of pyridine rings is 1. The predicted octanol–water partition coefficient (Wildman–Crippen LogP) is 3.05. The minimum atomic E-state index is -1.08. The van der Waals surface area contributed by atoms with Crippen LogP contribution >= 0.6 is 11.6 Å². The molecule has 5 nitrogen and oxygen atoms in total. The summed E-state index contributed by atoms with van der Waals surface area (Å²) in [6, 6.07) is 11.3. The summed E-state index contributed by atoms with van der Waals surface area (Å²) in [6.45, 7) is 0. The molecule has 1 heterocycles. The molecule has 0 unspecified atom stereocenters. The zero-order valence-electron chi connectivity index (χ0n) is 9.59. The summed E-state index contributed by atoms with van der Waals surface area (Å²) in [6.07, 6.45) is 0. The van der Waals surface area contributed by atoms with Gasteiger partial charge in [-0.1, -0.05) is 11.6 Å². The van der Waals surface area contributed by atoms with Crippen LogP contribution in [0.5, 0.6) is 0 Å². The minimum Gasteiger partial charge on any atom is -0.478 e. The van der Waals surface area contributed by atoms with Crippen LogP contribution in [0.4, 0.5) is 11.5 Å². The number of aromatic nitrogens is 1. The summed E-state index contributed by atoms with van der Waals surface area (Å²) in [5, 5.41) is 20.6. The number of carboxylic acids is 1. The molecule has 0 radical (unpaired) electrons. The van der Waals surface area contributed by atoms with Gasteiger partial charge in [0.2, 0.25) is 0 Å². The SMILES string of the molecule is N#Cc1ccc(Nc2cc(C(=O)O)cc(Cl)n2)cc1. The Hall–Kier alpha value is -2.58. The van der Waals surface area contributed by atoms with Gasteiger partial charge >= 0.3 is 5.97 Å². The van der Waals surface area contributed by atoms with Crippen molar-refractivity contribution < 1.29 is 9.90 Å². The lowest BCUT2D eigenvalue weighted by Crippen LogP contribution is -2.00. The summed E-state index contributed by atoms with van der Waals surface area (Å²) in [5.74, 6) is -0.748. The molecule has 1 aromatic heterocycles. The largest absolute Gasteiger partial charge is 0.478 e. The average Bonchev–Trinajstić information content (AvgIpc) is 2.39. The lowest BCUT2D eigenvalue weighted by atomic mass is 10.2. The van der Waals surface area contributed by atoms with E-state index in [1.54, 1.807) is 24.3 Å². The van der Waals surface area contributed by atoms with E-state index in [1.165, 1.54) is 12.1 Å². The number of nitrogens with one attached hydrogen (secondary N) is 1. The van der Waals surface area contributed by atoms with Crippen LogP contribution in [0.25, 0.3) is 0 Å². The zero-order valence-corrected chi connectivity index (χ0v) is 10.3. The van der Waals surface area contributed by atoms with Crippen molar-refractivity contribution >= 4 is 29.1 Å². The Morgan fingerprint density at radius 2 is 2.00 bits per heavy atom. The Balaban J connectivity index is 2.27. The Kier molecular flexibility index (Phi) is 3.64. The van der Waals surface area contributed by atoms with E-state index in [0.717, 1.165) is 0 Å². The van der Waals surface area contributed by atoms with E-state index in [-0.39, 0.29) is 10.7 Å². The van der Waals surface area contributed by atoms with Gasteiger partial charge in [-0.25, -0.2) is 9.78 Å². The fourth-order valence-corrected chi connectivity index (χ4v) is 1.67. The van der Waals surface area contributed by atoms with Crippen LogP contribution in [-0.2, 0) is 0 Å². The molecular formula is C13H8ClN3O2. The summed E-state index contributed by atoms with van der Waals surface area (Å²) >= 11 is 5.75. The third-order valence-corrected chi connectivity index (χ3v) is 2.52. The highest BCUT2D eigenvalue weighted by atomic mass is 35.5. The third-order valence-electron chi connectivity index (χ3n) is 2.33. The van der Waals surface area contributed by atoms with E-state index in [4.69, 9.17) is 22.0 Å². The van der Waals surface area contributed by atoms with Crippen LogP contribution in [-0.4, -0.2) is 16.1 Å². The van der Waals surface area contributed by atoms with Gasteiger partial charge in [0.25, 0.3) is 0 Å². The highest BCUT2D eigenvalue weighted by molar-refractivity contribution is 6.29. The van der Waals surface area contributed by atoms with E-state index < -0.39 is 5.97 Å². The number of nitriles is 1. The first-order chi connectivity index (χ1) is 9.08. The number of rotatable bonds is 3. The number of carboxylic acid groups (broad SMARTS) is 1. The highest BCUT2D eigenvalue weighted by Crippen LogP contribution is 2.19. The molecule has 0 saturated heterocycles. The van der Waals surface area contributed by atoms with E-state index in [1.807, 2.05) is 6.07 Å². The molecule has 0 aliphatic rings. The monoisotopic (exact) mass is 273 g/mol. The average molecular weight is 274 g/mol. The maximum absolute atomic E-state index is 10.9. The van der Waals surface area contributed by atoms with Gasteiger partial charge in [-0.15, -0.1) is 0 Å². The van der Waals surface area contributed by atoms with E-state index in [2.05, 4.69) is 10.3 Å². The Morgan fingerprint density at radius 1 is 1.32 bits per heavy atom. The molecule has 19 heavy (non-hydrogen) atoms. The van der Waals surface area contributed by atoms with Crippen LogP contribution in [0.1, 0.15) is 15.9 Å². The molecule has 2 rings (SSSR count). The van der Waals surface area contributed by atoms with Crippen LogP contribution in [0.2, 0.25) is 5.15 Å². The number of hydrogen-bond acceptors (Lipinski definition) is 4. The molecule has 0 fully saturated rings. The van der Waals surface area contributed by atoms with Crippen LogP contribution < -0.4 is 5.32 Å². The molecule has 6 heteroatoms. The first-order valence-electron chi connectivity index (χ1n) is 5.26.